The standard InChI is InChI=1S/C11H18O4/c1-4-5-6-8(10(12)13)9(7(2)3)11(14)15/h7H,4-6H2,1-3H3,(H,12,13)(H,14,15)/b9-8+. The molecule has 0 atom stereocenters. The topological polar surface area (TPSA) is 74.6 Å². The Balaban J connectivity index is 5.16. The van der Waals surface area contributed by atoms with Crippen LogP contribution in [0.15, 0.2) is 11.1 Å². The maximum absolute atomic E-state index is 10.9. The van der Waals surface area contributed by atoms with Crippen LogP contribution in [0, 0.1) is 5.92 Å². The summed E-state index contributed by atoms with van der Waals surface area (Å²) in [7, 11) is 0. The zero-order valence-electron chi connectivity index (χ0n) is 9.41. The second-order valence-corrected chi connectivity index (χ2v) is 3.76. The van der Waals surface area contributed by atoms with Gasteiger partial charge in [-0.1, -0.05) is 27.2 Å². The molecule has 0 radical (unpaired) electrons. The van der Waals surface area contributed by atoms with Gasteiger partial charge in [0.25, 0.3) is 0 Å². The quantitative estimate of drug-likeness (QED) is 0.665. The van der Waals surface area contributed by atoms with Gasteiger partial charge in [-0.05, 0) is 18.8 Å². The van der Waals surface area contributed by atoms with E-state index < -0.39 is 11.9 Å². The highest BCUT2D eigenvalue weighted by atomic mass is 16.4. The molecule has 0 aliphatic heterocycles. The van der Waals surface area contributed by atoms with Gasteiger partial charge in [0.2, 0.25) is 0 Å². The molecule has 0 rings (SSSR count). The van der Waals surface area contributed by atoms with Crippen molar-refractivity contribution in [3.05, 3.63) is 11.1 Å². The number of carboxylic acid groups (broad SMARTS) is 2. The molecule has 86 valence electrons. The summed E-state index contributed by atoms with van der Waals surface area (Å²) in [5, 5.41) is 17.9. The summed E-state index contributed by atoms with van der Waals surface area (Å²) in [5.74, 6) is -2.52. The smallest absolute Gasteiger partial charge is 0.332 e. The van der Waals surface area contributed by atoms with Crippen molar-refractivity contribution in [2.24, 2.45) is 5.92 Å². The monoisotopic (exact) mass is 214 g/mol. The average Bonchev–Trinajstić information content (AvgIpc) is 2.09. The lowest BCUT2D eigenvalue weighted by atomic mass is 9.94. The summed E-state index contributed by atoms with van der Waals surface area (Å²) in [4.78, 5) is 21.9. The SMILES string of the molecule is CCCC/C(C(=O)O)=C(\C(=O)O)C(C)C. The second kappa shape index (κ2) is 6.22. The van der Waals surface area contributed by atoms with Crippen LogP contribution in [0.5, 0.6) is 0 Å². The third-order valence-corrected chi connectivity index (χ3v) is 2.17. The molecular formula is C11H18O4. The van der Waals surface area contributed by atoms with Crippen molar-refractivity contribution in [2.75, 3.05) is 0 Å². The average molecular weight is 214 g/mol. The highest BCUT2D eigenvalue weighted by Gasteiger charge is 2.21. The van der Waals surface area contributed by atoms with Crippen molar-refractivity contribution >= 4 is 11.9 Å². The molecule has 0 heterocycles. The fourth-order valence-electron chi connectivity index (χ4n) is 1.43. The number of aliphatic carboxylic acids is 2. The van der Waals surface area contributed by atoms with Crippen molar-refractivity contribution in [3.8, 4) is 0 Å². The number of hydrogen-bond acceptors (Lipinski definition) is 2. The van der Waals surface area contributed by atoms with Crippen LogP contribution in [0.3, 0.4) is 0 Å². The van der Waals surface area contributed by atoms with Crippen LogP contribution in [0.25, 0.3) is 0 Å². The molecular weight excluding hydrogens is 196 g/mol. The first-order valence-corrected chi connectivity index (χ1v) is 5.11. The van der Waals surface area contributed by atoms with Gasteiger partial charge in [0.1, 0.15) is 0 Å². The Morgan fingerprint density at radius 2 is 1.67 bits per heavy atom. The first kappa shape index (κ1) is 13.7. The van der Waals surface area contributed by atoms with Crippen LogP contribution in [-0.4, -0.2) is 22.2 Å². The van der Waals surface area contributed by atoms with E-state index in [0.29, 0.717) is 12.8 Å². The van der Waals surface area contributed by atoms with E-state index in [1.54, 1.807) is 13.8 Å². The Kier molecular flexibility index (Phi) is 5.67. The van der Waals surface area contributed by atoms with Crippen LogP contribution in [0.2, 0.25) is 0 Å². The Hall–Kier alpha value is -1.32. The molecule has 0 aliphatic carbocycles. The Morgan fingerprint density at radius 3 is 1.93 bits per heavy atom. The largest absolute Gasteiger partial charge is 0.478 e. The molecule has 4 heteroatoms. The fraction of sp³-hybridized carbons (Fsp3) is 0.636. The fourth-order valence-corrected chi connectivity index (χ4v) is 1.43. The lowest BCUT2D eigenvalue weighted by Crippen LogP contribution is -2.15. The zero-order chi connectivity index (χ0) is 12.0. The molecule has 0 unspecified atom stereocenters. The molecule has 0 bridgehead atoms. The van der Waals surface area contributed by atoms with Crippen LogP contribution in [0.1, 0.15) is 40.0 Å². The third kappa shape index (κ3) is 4.14. The van der Waals surface area contributed by atoms with Crippen molar-refractivity contribution in [1.29, 1.82) is 0 Å². The van der Waals surface area contributed by atoms with Crippen molar-refractivity contribution in [1.82, 2.24) is 0 Å². The summed E-state index contributed by atoms with van der Waals surface area (Å²) >= 11 is 0. The normalized spacial score (nSPS) is 12.5. The number of carboxylic acids is 2. The number of unbranched alkanes of at least 4 members (excludes halogenated alkanes) is 1. The molecule has 0 saturated heterocycles. The van der Waals surface area contributed by atoms with Crippen molar-refractivity contribution < 1.29 is 19.8 Å². The van der Waals surface area contributed by atoms with E-state index >= 15 is 0 Å². The van der Waals surface area contributed by atoms with Crippen LogP contribution in [-0.2, 0) is 9.59 Å². The molecule has 0 saturated carbocycles. The minimum absolute atomic E-state index is 0.0240. The lowest BCUT2D eigenvalue weighted by molar-refractivity contribution is -0.136. The highest BCUT2D eigenvalue weighted by Crippen LogP contribution is 2.20. The first-order chi connectivity index (χ1) is 6.91. The van der Waals surface area contributed by atoms with Gasteiger partial charge in [0, 0.05) is 11.1 Å². The molecule has 0 aliphatic rings. The molecule has 0 amide bonds. The van der Waals surface area contributed by atoms with E-state index in [1.807, 2.05) is 6.92 Å². The van der Waals surface area contributed by atoms with E-state index in [9.17, 15) is 9.59 Å². The molecule has 0 aromatic rings. The maximum Gasteiger partial charge on any atom is 0.332 e. The molecule has 0 aromatic heterocycles. The van der Waals surface area contributed by atoms with Gasteiger partial charge < -0.3 is 10.2 Å². The van der Waals surface area contributed by atoms with E-state index in [4.69, 9.17) is 10.2 Å². The maximum atomic E-state index is 10.9. The molecule has 0 aromatic carbocycles. The predicted molar refractivity (Wildman–Crippen MR) is 56.7 cm³/mol. The minimum atomic E-state index is -1.13. The van der Waals surface area contributed by atoms with Crippen molar-refractivity contribution in [2.45, 2.75) is 40.0 Å². The predicted octanol–water partition coefficient (Wildman–Crippen LogP) is 2.30. The summed E-state index contributed by atoms with van der Waals surface area (Å²) in [6.45, 7) is 5.33. The number of carbonyl (C=O) groups is 2. The summed E-state index contributed by atoms with van der Waals surface area (Å²) in [5.41, 5.74) is 0.0651. The summed E-state index contributed by atoms with van der Waals surface area (Å²) in [6.07, 6.45) is 1.87. The molecule has 0 fully saturated rings. The lowest BCUT2D eigenvalue weighted by Gasteiger charge is -2.11. The van der Waals surface area contributed by atoms with E-state index in [1.165, 1.54) is 0 Å². The highest BCUT2D eigenvalue weighted by molar-refractivity contribution is 5.99. The Bertz CT molecular complexity index is 276. The van der Waals surface area contributed by atoms with Crippen LogP contribution < -0.4 is 0 Å². The Morgan fingerprint density at radius 1 is 1.13 bits per heavy atom. The third-order valence-electron chi connectivity index (χ3n) is 2.17. The molecule has 15 heavy (non-hydrogen) atoms. The molecule has 2 N–H and O–H groups in total. The molecule has 0 spiro atoms. The summed E-state index contributed by atoms with van der Waals surface area (Å²) in [6, 6.07) is 0. The van der Waals surface area contributed by atoms with Gasteiger partial charge in [-0.15, -0.1) is 0 Å². The Labute approximate surface area is 89.6 Å². The van der Waals surface area contributed by atoms with Gasteiger partial charge >= 0.3 is 11.9 Å². The van der Waals surface area contributed by atoms with E-state index in [0.717, 1.165) is 6.42 Å². The van der Waals surface area contributed by atoms with Gasteiger partial charge in [-0.25, -0.2) is 9.59 Å². The zero-order valence-corrected chi connectivity index (χ0v) is 9.41. The number of hydrogen-bond donors (Lipinski definition) is 2. The van der Waals surface area contributed by atoms with Gasteiger partial charge in [0.15, 0.2) is 0 Å². The van der Waals surface area contributed by atoms with Crippen molar-refractivity contribution in [3.63, 3.8) is 0 Å². The van der Waals surface area contributed by atoms with E-state index in [2.05, 4.69) is 0 Å². The van der Waals surface area contributed by atoms with E-state index in [-0.39, 0.29) is 17.1 Å². The van der Waals surface area contributed by atoms with Gasteiger partial charge in [0.05, 0.1) is 0 Å². The summed E-state index contributed by atoms with van der Waals surface area (Å²) < 4.78 is 0. The first-order valence-electron chi connectivity index (χ1n) is 5.11. The van der Waals surface area contributed by atoms with Crippen LogP contribution >= 0.6 is 0 Å². The van der Waals surface area contributed by atoms with Gasteiger partial charge in [-0.3, -0.25) is 0 Å². The molecule has 4 nitrogen and oxygen atoms in total. The van der Waals surface area contributed by atoms with Crippen LogP contribution in [0.4, 0.5) is 0 Å². The second-order valence-electron chi connectivity index (χ2n) is 3.76. The minimum Gasteiger partial charge on any atom is -0.478 e. The van der Waals surface area contributed by atoms with Gasteiger partial charge in [-0.2, -0.15) is 0 Å². The number of rotatable bonds is 6.